The maximum Gasteiger partial charge on any atom is 0.220 e. The molecule has 130 valence electrons. The molecule has 3 N–H and O–H groups in total. The van der Waals surface area contributed by atoms with Crippen molar-refractivity contribution in [3.05, 3.63) is 59.4 Å². The molecule has 2 rings (SSSR count). The van der Waals surface area contributed by atoms with Crippen molar-refractivity contribution in [3.8, 4) is 5.75 Å². The van der Waals surface area contributed by atoms with Crippen LogP contribution in [-0.4, -0.2) is 19.6 Å². The number of hydrogen-bond acceptors (Lipinski definition) is 3. The van der Waals surface area contributed by atoms with E-state index >= 15 is 0 Å². The highest BCUT2D eigenvalue weighted by Gasteiger charge is 2.06. The topological polar surface area (TPSA) is 64.3 Å². The second kappa shape index (κ2) is 9.78. The first-order valence-corrected chi connectivity index (χ1v) is 7.52. The number of carbonyl (C=O) groups excluding carboxylic acids is 1. The summed E-state index contributed by atoms with van der Waals surface area (Å²) in [5.41, 5.74) is 8.33. The van der Waals surface area contributed by atoms with E-state index in [1.807, 2.05) is 24.3 Å². The maximum absolute atomic E-state index is 13.6. The molecule has 0 spiro atoms. The van der Waals surface area contributed by atoms with Crippen LogP contribution in [0.3, 0.4) is 0 Å². The lowest BCUT2D eigenvalue weighted by Gasteiger charge is -2.08. The zero-order valence-electron chi connectivity index (χ0n) is 13.5. The quantitative estimate of drug-likeness (QED) is 0.752. The van der Waals surface area contributed by atoms with Crippen LogP contribution >= 0.6 is 12.4 Å². The Balaban J connectivity index is 0.00000288. The molecule has 0 radical (unpaired) electrons. The lowest BCUT2D eigenvalue weighted by Crippen LogP contribution is -2.26. The van der Waals surface area contributed by atoms with Crippen LogP contribution in [0.5, 0.6) is 5.75 Å². The molecule has 0 aliphatic heterocycles. The average Bonchev–Trinajstić information content (AvgIpc) is 2.54. The van der Waals surface area contributed by atoms with Gasteiger partial charge in [0.25, 0.3) is 0 Å². The number of aryl methyl sites for hydroxylation is 1. The van der Waals surface area contributed by atoms with Gasteiger partial charge in [0.15, 0.2) is 11.6 Å². The van der Waals surface area contributed by atoms with Crippen LogP contribution in [0.4, 0.5) is 10.1 Å². The molecule has 1 amide bonds. The van der Waals surface area contributed by atoms with Crippen LogP contribution < -0.4 is 15.8 Å². The standard InChI is InChI=1S/C18H21FN2O2.ClH/c1-23-17-8-6-13(12-15(17)19)10-11-21-18(22)9-7-14-4-2-3-5-16(14)20;/h2-6,8,12H,7,9-11,20H2,1H3,(H,21,22);1H. The zero-order chi connectivity index (χ0) is 16.7. The fourth-order valence-corrected chi connectivity index (χ4v) is 2.31. The van der Waals surface area contributed by atoms with E-state index in [1.165, 1.54) is 13.2 Å². The molecule has 0 unspecified atom stereocenters. The minimum atomic E-state index is -0.393. The largest absolute Gasteiger partial charge is 0.494 e. The van der Waals surface area contributed by atoms with Crippen LogP contribution in [0.1, 0.15) is 17.5 Å². The molecular weight excluding hydrogens is 331 g/mol. The molecule has 0 aromatic heterocycles. The third-order valence-electron chi connectivity index (χ3n) is 3.63. The molecule has 24 heavy (non-hydrogen) atoms. The Labute approximate surface area is 147 Å². The van der Waals surface area contributed by atoms with Crippen molar-refractivity contribution in [1.29, 1.82) is 0 Å². The van der Waals surface area contributed by atoms with Gasteiger partial charge in [0, 0.05) is 18.7 Å². The normalized spacial score (nSPS) is 9.92. The van der Waals surface area contributed by atoms with E-state index in [-0.39, 0.29) is 24.1 Å². The molecule has 0 heterocycles. The van der Waals surface area contributed by atoms with Crippen molar-refractivity contribution in [2.45, 2.75) is 19.3 Å². The smallest absolute Gasteiger partial charge is 0.220 e. The number of nitrogens with two attached hydrogens (primary N) is 1. The molecule has 0 saturated carbocycles. The Morgan fingerprint density at radius 2 is 1.96 bits per heavy atom. The summed E-state index contributed by atoms with van der Waals surface area (Å²) in [4.78, 5) is 11.8. The number of hydrogen-bond donors (Lipinski definition) is 2. The van der Waals surface area contributed by atoms with Crippen molar-refractivity contribution < 1.29 is 13.9 Å². The molecule has 0 aliphatic rings. The number of ether oxygens (including phenoxy) is 1. The van der Waals surface area contributed by atoms with Gasteiger partial charge in [-0.3, -0.25) is 4.79 Å². The second-order valence-corrected chi connectivity index (χ2v) is 5.27. The van der Waals surface area contributed by atoms with Gasteiger partial charge in [0.05, 0.1) is 7.11 Å². The number of amides is 1. The van der Waals surface area contributed by atoms with E-state index in [9.17, 15) is 9.18 Å². The fourth-order valence-electron chi connectivity index (χ4n) is 2.31. The summed E-state index contributed by atoms with van der Waals surface area (Å²) in [5.74, 6) is -0.212. The summed E-state index contributed by atoms with van der Waals surface area (Å²) in [6, 6.07) is 12.3. The number of nitrogen functional groups attached to an aromatic ring is 1. The first-order chi connectivity index (χ1) is 11.1. The minimum Gasteiger partial charge on any atom is -0.494 e. The van der Waals surface area contributed by atoms with Crippen LogP contribution in [0.25, 0.3) is 0 Å². The Kier molecular flexibility index (Phi) is 8.06. The van der Waals surface area contributed by atoms with Gasteiger partial charge in [-0.05, 0) is 42.2 Å². The van der Waals surface area contributed by atoms with Crippen LogP contribution in [0, 0.1) is 5.82 Å². The van der Waals surface area contributed by atoms with Crippen molar-refractivity contribution >= 4 is 24.0 Å². The van der Waals surface area contributed by atoms with Gasteiger partial charge in [-0.2, -0.15) is 0 Å². The van der Waals surface area contributed by atoms with Gasteiger partial charge in [-0.1, -0.05) is 24.3 Å². The summed E-state index contributed by atoms with van der Waals surface area (Å²) in [7, 11) is 1.43. The van der Waals surface area contributed by atoms with Crippen molar-refractivity contribution in [3.63, 3.8) is 0 Å². The van der Waals surface area contributed by atoms with Crippen molar-refractivity contribution in [2.24, 2.45) is 0 Å². The van der Waals surface area contributed by atoms with Gasteiger partial charge in [0.1, 0.15) is 0 Å². The monoisotopic (exact) mass is 352 g/mol. The predicted octanol–water partition coefficient (Wildman–Crippen LogP) is 3.13. The number of para-hydroxylation sites is 1. The zero-order valence-corrected chi connectivity index (χ0v) is 14.4. The summed E-state index contributed by atoms with van der Waals surface area (Å²) < 4.78 is 18.4. The van der Waals surface area contributed by atoms with E-state index in [0.29, 0.717) is 31.5 Å². The summed E-state index contributed by atoms with van der Waals surface area (Å²) in [6.45, 7) is 0.467. The van der Waals surface area contributed by atoms with Gasteiger partial charge in [0.2, 0.25) is 5.91 Å². The number of benzene rings is 2. The molecule has 4 nitrogen and oxygen atoms in total. The average molecular weight is 353 g/mol. The number of carbonyl (C=O) groups is 1. The van der Waals surface area contributed by atoms with Gasteiger partial charge in [-0.15, -0.1) is 12.4 Å². The second-order valence-electron chi connectivity index (χ2n) is 5.27. The van der Waals surface area contributed by atoms with Crippen LogP contribution in [-0.2, 0) is 17.6 Å². The SMILES string of the molecule is COc1ccc(CCNC(=O)CCc2ccccc2N)cc1F.Cl. The van der Waals surface area contributed by atoms with E-state index < -0.39 is 5.82 Å². The Bertz CT molecular complexity index is 680. The highest BCUT2D eigenvalue weighted by atomic mass is 35.5. The molecule has 0 atom stereocenters. The number of nitrogens with one attached hydrogen (secondary N) is 1. The number of rotatable bonds is 7. The molecule has 2 aromatic carbocycles. The first kappa shape index (κ1) is 19.8. The highest BCUT2D eigenvalue weighted by Crippen LogP contribution is 2.17. The first-order valence-electron chi connectivity index (χ1n) is 7.52. The lowest BCUT2D eigenvalue weighted by molar-refractivity contribution is -0.121. The van der Waals surface area contributed by atoms with E-state index in [1.54, 1.807) is 12.1 Å². The highest BCUT2D eigenvalue weighted by molar-refractivity contribution is 5.85. The molecule has 0 fully saturated rings. The summed E-state index contributed by atoms with van der Waals surface area (Å²) in [5, 5.41) is 2.84. The van der Waals surface area contributed by atoms with Gasteiger partial charge >= 0.3 is 0 Å². The Hall–Kier alpha value is -2.27. The third-order valence-corrected chi connectivity index (χ3v) is 3.63. The lowest BCUT2D eigenvalue weighted by atomic mass is 10.1. The molecular formula is C18H22ClFN2O2. The third kappa shape index (κ3) is 5.74. The Morgan fingerprint density at radius 3 is 2.62 bits per heavy atom. The van der Waals surface area contributed by atoms with Crippen molar-refractivity contribution in [2.75, 3.05) is 19.4 Å². The van der Waals surface area contributed by atoms with E-state index in [0.717, 1.165) is 11.1 Å². The van der Waals surface area contributed by atoms with Crippen LogP contribution in [0.2, 0.25) is 0 Å². The number of halogens is 2. The maximum atomic E-state index is 13.6. The molecule has 6 heteroatoms. The molecule has 2 aromatic rings. The van der Waals surface area contributed by atoms with Crippen LogP contribution in [0.15, 0.2) is 42.5 Å². The minimum absolute atomic E-state index is 0. The van der Waals surface area contributed by atoms with Crippen molar-refractivity contribution in [1.82, 2.24) is 5.32 Å². The molecule has 0 aliphatic carbocycles. The Morgan fingerprint density at radius 1 is 1.21 bits per heavy atom. The van der Waals surface area contributed by atoms with E-state index in [4.69, 9.17) is 10.5 Å². The number of methoxy groups -OCH3 is 1. The van der Waals surface area contributed by atoms with E-state index in [2.05, 4.69) is 5.32 Å². The fraction of sp³-hybridized carbons (Fsp3) is 0.278. The predicted molar refractivity (Wildman–Crippen MR) is 96.1 cm³/mol. The molecule has 0 bridgehead atoms. The molecule has 0 saturated heterocycles. The number of anilines is 1. The van der Waals surface area contributed by atoms with Gasteiger partial charge < -0.3 is 15.8 Å². The summed E-state index contributed by atoms with van der Waals surface area (Å²) in [6.07, 6.45) is 1.56. The van der Waals surface area contributed by atoms with Gasteiger partial charge in [-0.25, -0.2) is 4.39 Å². The summed E-state index contributed by atoms with van der Waals surface area (Å²) >= 11 is 0.